The quantitative estimate of drug-likeness (QED) is 0.898. The van der Waals surface area contributed by atoms with Crippen LogP contribution in [0.5, 0.6) is 0 Å². The number of aromatic amines is 1. The van der Waals surface area contributed by atoms with Crippen LogP contribution in [0.25, 0.3) is 0 Å². The molecule has 1 amide bonds. The van der Waals surface area contributed by atoms with Crippen LogP contribution in [0.4, 0.5) is 0 Å². The summed E-state index contributed by atoms with van der Waals surface area (Å²) in [4.78, 5) is 29.8. The molecule has 3 rings (SSSR count). The maximum atomic E-state index is 12.5. The normalized spacial score (nSPS) is 21.0. The van der Waals surface area contributed by atoms with E-state index in [0.717, 1.165) is 31.7 Å². The van der Waals surface area contributed by atoms with Crippen molar-refractivity contribution in [1.82, 2.24) is 15.2 Å². The van der Waals surface area contributed by atoms with E-state index in [1.54, 1.807) is 6.92 Å². The number of benzene rings is 1. The molecule has 2 unspecified atom stereocenters. The van der Waals surface area contributed by atoms with Gasteiger partial charge in [0, 0.05) is 37.1 Å². The molecule has 0 bridgehead atoms. The molecule has 132 valence electrons. The Morgan fingerprint density at radius 3 is 2.80 bits per heavy atom. The van der Waals surface area contributed by atoms with Crippen LogP contribution >= 0.6 is 0 Å². The van der Waals surface area contributed by atoms with Gasteiger partial charge in [-0.3, -0.25) is 14.5 Å². The highest BCUT2D eigenvalue weighted by Crippen LogP contribution is 2.19. The number of amides is 1. The zero-order valence-electron chi connectivity index (χ0n) is 14.8. The van der Waals surface area contributed by atoms with Gasteiger partial charge in [-0.05, 0) is 31.4 Å². The van der Waals surface area contributed by atoms with Crippen LogP contribution in [0.15, 0.2) is 47.4 Å². The van der Waals surface area contributed by atoms with Crippen LogP contribution in [0.3, 0.4) is 0 Å². The lowest BCUT2D eigenvalue weighted by molar-refractivity contribution is 0.0853. The van der Waals surface area contributed by atoms with Gasteiger partial charge in [-0.15, -0.1) is 0 Å². The molecular weight excluding hydrogens is 314 g/mol. The number of hydrogen-bond acceptors (Lipinski definition) is 3. The lowest BCUT2D eigenvalue weighted by Gasteiger charge is -2.37. The van der Waals surface area contributed by atoms with Gasteiger partial charge < -0.3 is 10.3 Å². The Morgan fingerprint density at radius 2 is 2.08 bits per heavy atom. The van der Waals surface area contributed by atoms with Crippen molar-refractivity contribution in [1.29, 1.82) is 0 Å². The summed E-state index contributed by atoms with van der Waals surface area (Å²) in [6, 6.07) is 11.9. The Morgan fingerprint density at radius 1 is 1.32 bits per heavy atom. The summed E-state index contributed by atoms with van der Waals surface area (Å²) in [5.41, 5.74) is 1.97. The van der Waals surface area contributed by atoms with Crippen LogP contribution in [-0.2, 0) is 6.54 Å². The number of aryl methyl sites for hydroxylation is 1. The van der Waals surface area contributed by atoms with Gasteiger partial charge in [0.05, 0.1) is 0 Å². The molecule has 0 saturated carbocycles. The second-order valence-electron chi connectivity index (χ2n) is 6.96. The molecule has 2 aromatic rings. The van der Waals surface area contributed by atoms with E-state index in [4.69, 9.17) is 0 Å². The molecule has 5 nitrogen and oxygen atoms in total. The van der Waals surface area contributed by atoms with Crippen LogP contribution in [0.2, 0.25) is 0 Å². The highest BCUT2D eigenvalue weighted by molar-refractivity contribution is 5.94. The van der Waals surface area contributed by atoms with Crippen molar-refractivity contribution < 1.29 is 4.79 Å². The second-order valence-corrected chi connectivity index (χ2v) is 6.96. The monoisotopic (exact) mass is 339 g/mol. The first-order valence-corrected chi connectivity index (χ1v) is 8.79. The Kier molecular flexibility index (Phi) is 5.34. The highest BCUT2D eigenvalue weighted by Gasteiger charge is 2.28. The van der Waals surface area contributed by atoms with Crippen molar-refractivity contribution in [2.24, 2.45) is 5.92 Å². The van der Waals surface area contributed by atoms with Crippen LogP contribution in [0.1, 0.15) is 35.0 Å². The SMILES string of the molecule is Cc1cc(=O)c(C(=O)NC2CN(Cc3ccccc3)CCC2C)c[nH]1. The summed E-state index contributed by atoms with van der Waals surface area (Å²) in [5, 5.41) is 3.06. The van der Waals surface area contributed by atoms with Gasteiger partial charge in [-0.1, -0.05) is 37.3 Å². The molecule has 1 saturated heterocycles. The smallest absolute Gasteiger partial charge is 0.257 e. The van der Waals surface area contributed by atoms with Crippen molar-refractivity contribution in [3.63, 3.8) is 0 Å². The molecule has 1 aromatic carbocycles. The first-order valence-electron chi connectivity index (χ1n) is 8.79. The molecule has 2 atom stereocenters. The Balaban J connectivity index is 1.66. The van der Waals surface area contributed by atoms with E-state index < -0.39 is 0 Å². The van der Waals surface area contributed by atoms with E-state index in [-0.39, 0.29) is 22.9 Å². The van der Waals surface area contributed by atoms with E-state index in [1.807, 2.05) is 18.2 Å². The third-order valence-electron chi connectivity index (χ3n) is 4.91. The number of H-pyrrole nitrogens is 1. The van der Waals surface area contributed by atoms with Gasteiger partial charge in [-0.2, -0.15) is 0 Å². The zero-order chi connectivity index (χ0) is 17.8. The molecule has 0 radical (unpaired) electrons. The topological polar surface area (TPSA) is 65.2 Å². The minimum atomic E-state index is -0.292. The number of hydrogen-bond donors (Lipinski definition) is 2. The minimum Gasteiger partial charge on any atom is -0.364 e. The Bertz CT molecular complexity index is 785. The number of carbonyl (C=O) groups excluding carboxylic acids is 1. The lowest BCUT2D eigenvalue weighted by atomic mass is 9.93. The van der Waals surface area contributed by atoms with Crippen LogP contribution < -0.4 is 10.7 Å². The molecule has 25 heavy (non-hydrogen) atoms. The molecule has 2 heterocycles. The number of nitrogens with one attached hydrogen (secondary N) is 2. The van der Waals surface area contributed by atoms with Crippen molar-refractivity contribution in [2.75, 3.05) is 13.1 Å². The van der Waals surface area contributed by atoms with E-state index in [0.29, 0.717) is 5.92 Å². The van der Waals surface area contributed by atoms with Gasteiger partial charge in [0.1, 0.15) is 5.56 Å². The van der Waals surface area contributed by atoms with Gasteiger partial charge in [0.2, 0.25) is 0 Å². The molecule has 1 aliphatic rings. The summed E-state index contributed by atoms with van der Waals surface area (Å²) >= 11 is 0. The fraction of sp³-hybridized carbons (Fsp3) is 0.400. The number of likely N-dealkylation sites (tertiary alicyclic amines) is 1. The van der Waals surface area contributed by atoms with E-state index in [1.165, 1.54) is 17.8 Å². The largest absolute Gasteiger partial charge is 0.364 e. The fourth-order valence-electron chi connectivity index (χ4n) is 3.31. The average molecular weight is 339 g/mol. The molecule has 2 N–H and O–H groups in total. The number of rotatable bonds is 4. The van der Waals surface area contributed by atoms with Crippen LogP contribution in [0, 0.1) is 12.8 Å². The van der Waals surface area contributed by atoms with E-state index >= 15 is 0 Å². The Hall–Kier alpha value is -2.40. The number of aromatic nitrogens is 1. The number of pyridine rings is 1. The highest BCUT2D eigenvalue weighted by atomic mass is 16.2. The van der Waals surface area contributed by atoms with E-state index in [9.17, 15) is 9.59 Å². The van der Waals surface area contributed by atoms with Gasteiger partial charge >= 0.3 is 0 Å². The van der Waals surface area contributed by atoms with Crippen molar-refractivity contribution in [3.05, 3.63) is 69.6 Å². The maximum absolute atomic E-state index is 12.5. The maximum Gasteiger partial charge on any atom is 0.257 e. The minimum absolute atomic E-state index is 0.0469. The lowest BCUT2D eigenvalue weighted by Crippen LogP contribution is -2.52. The molecule has 5 heteroatoms. The number of piperidine rings is 1. The predicted molar refractivity (Wildman–Crippen MR) is 98.6 cm³/mol. The first kappa shape index (κ1) is 17.4. The summed E-state index contributed by atoms with van der Waals surface area (Å²) in [5.74, 6) is 0.0974. The molecule has 0 spiro atoms. The van der Waals surface area contributed by atoms with E-state index in [2.05, 4.69) is 34.3 Å². The molecule has 1 fully saturated rings. The molecule has 1 aromatic heterocycles. The summed E-state index contributed by atoms with van der Waals surface area (Å²) in [7, 11) is 0. The number of carbonyl (C=O) groups is 1. The third-order valence-corrected chi connectivity index (χ3v) is 4.91. The van der Waals surface area contributed by atoms with Crippen LogP contribution in [-0.4, -0.2) is 34.9 Å². The standard InChI is InChI=1S/C20H25N3O2/c1-14-8-9-23(12-16-6-4-3-5-7-16)13-18(14)22-20(25)17-11-21-15(2)10-19(17)24/h3-7,10-11,14,18H,8-9,12-13H2,1-2H3,(H,21,24)(H,22,25). The molecule has 0 aliphatic carbocycles. The number of nitrogens with zero attached hydrogens (tertiary/aromatic N) is 1. The molecule has 1 aliphatic heterocycles. The van der Waals surface area contributed by atoms with Gasteiger partial charge in [0.15, 0.2) is 5.43 Å². The van der Waals surface area contributed by atoms with Gasteiger partial charge in [-0.25, -0.2) is 0 Å². The summed E-state index contributed by atoms with van der Waals surface area (Å²) in [6.45, 7) is 6.65. The molecular formula is C20H25N3O2. The zero-order valence-corrected chi connectivity index (χ0v) is 14.8. The Labute approximate surface area is 148 Å². The third kappa shape index (κ3) is 4.37. The van der Waals surface area contributed by atoms with Gasteiger partial charge in [0.25, 0.3) is 5.91 Å². The second kappa shape index (κ2) is 7.66. The summed E-state index contributed by atoms with van der Waals surface area (Å²) < 4.78 is 0. The fourth-order valence-corrected chi connectivity index (χ4v) is 3.31. The average Bonchev–Trinajstić information content (AvgIpc) is 2.58. The van der Waals surface area contributed by atoms with Crippen molar-refractivity contribution >= 4 is 5.91 Å². The first-order chi connectivity index (χ1) is 12.0. The van der Waals surface area contributed by atoms with Crippen molar-refractivity contribution in [3.8, 4) is 0 Å². The summed E-state index contributed by atoms with van der Waals surface area (Å²) in [6.07, 6.45) is 2.53. The van der Waals surface area contributed by atoms with Crippen molar-refractivity contribution in [2.45, 2.75) is 32.9 Å². The predicted octanol–water partition coefficient (Wildman–Crippen LogP) is 2.32.